The van der Waals surface area contributed by atoms with E-state index in [0.717, 1.165) is 32.6 Å². The molecule has 1 atom stereocenters. The Kier molecular flexibility index (Phi) is 12.1. The number of carbonyl (C=O) groups is 1. The van der Waals surface area contributed by atoms with Gasteiger partial charge < -0.3 is 19.9 Å². The second kappa shape index (κ2) is 12.2. The molecule has 0 aromatic carbocycles. The Morgan fingerprint density at radius 3 is 2.44 bits per heavy atom. The van der Waals surface area contributed by atoms with E-state index in [1.165, 1.54) is 45.3 Å². The number of amides is 1. The van der Waals surface area contributed by atoms with Gasteiger partial charge in [-0.25, -0.2) is 4.79 Å². The number of rotatable bonds is 5. The standard InChI is InChI=1S/C18H35N3O2.2ClH/c1-18(2,3)23-17(22)21-12-6-8-16(15-21)7-4-5-11-20-13-9-19-10-14-20;;/h16,19H,4-15H2,1-3H3;2*1H. The summed E-state index contributed by atoms with van der Waals surface area (Å²) in [5.41, 5.74) is -0.396. The van der Waals surface area contributed by atoms with Gasteiger partial charge in [0.15, 0.2) is 0 Å². The van der Waals surface area contributed by atoms with Gasteiger partial charge in [0, 0.05) is 39.3 Å². The zero-order valence-electron chi connectivity index (χ0n) is 16.1. The highest BCUT2D eigenvalue weighted by atomic mass is 35.5. The number of unbranched alkanes of at least 4 members (excludes halogenated alkanes) is 1. The summed E-state index contributed by atoms with van der Waals surface area (Å²) in [6.07, 6.45) is 6.03. The number of hydrogen-bond acceptors (Lipinski definition) is 4. The van der Waals surface area contributed by atoms with Crippen LogP contribution in [0.25, 0.3) is 0 Å². The van der Waals surface area contributed by atoms with Gasteiger partial charge in [0.05, 0.1) is 0 Å². The monoisotopic (exact) mass is 397 g/mol. The fourth-order valence-corrected chi connectivity index (χ4v) is 3.50. The lowest BCUT2D eigenvalue weighted by atomic mass is 9.93. The van der Waals surface area contributed by atoms with Crippen LogP contribution in [0.15, 0.2) is 0 Å². The van der Waals surface area contributed by atoms with Crippen LogP contribution in [0.5, 0.6) is 0 Å². The van der Waals surface area contributed by atoms with Crippen LogP contribution in [-0.4, -0.2) is 67.3 Å². The van der Waals surface area contributed by atoms with Crippen LogP contribution >= 0.6 is 24.8 Å². The Bertz CT molecular complexity index is 372. The number of piperazine rings is 1. The van der Waals surface area contributed by atoms with E-state index in [0.29, 0.717) is 5.92 Å². The zero-order valence-corrected chi connectivity index (χ0v) is 17.7. The average Bonchev–Trinajstić information content (AvgIpc) is 2.51. The molecule has 0 aliphatic carbocycles. The molecule has 150 valence electrons. The highest BCUT2D eigenvalue weighted by Gasteiger charge is 2.27. The largest absolute Gasteiger partial charge is 0.444 e. The molecule has 0 saturated carbocycles. The van der Waals surface area contributed by atoms with Gasteiger partial charge in [0.1, 0.15) is 5.60 Å². The van der Waals surface area contributed by atoms with Gasteiger partial charge in [0.2, 0.25) is 0 Å². The smallest absolute Gasteiger partial charge is 0.410 e. The van der Waals surface area contributed by atoms with Crippen molar-refractivity contribution in [2.45, 2.75) is 58.5 Å². The van der Waals surface area contributed by atoms with Gasteiger partial charge in [-0.2, -0.15) is 0 Å². The fraction of sp³-hybridized carbons (Fsp3) is 0.944. The summed E-state index contributed by atoms with van der Waals surface area (Å²) < 4.78 is 5.50. The van der Waals surface area contributed by atoms with Crippen molar-refractivity contribution in [3.8, 4) is 0 Å². The summed E-state index contributed by atoms with van der Waals surface area (Å²) in [5, 5.41) is 3.40. The molecule has 5 nitrogen and oxygen atoms in total. The highest BCUT2D eigenvalue weighted by Crippen LogP contribution is 2.23. The molecule has 0 aromatic rings. The molecule has 2 heterocycles. The number of hydrogen-bond donors (Lipinski definition) is 1. The summed E-state index contributed by atoms with van der Waals surface area (Å²) >= 11 is 0. The predicted octanol–water partition coefficient (Wildman–Crippen LogP) is 3.55. The Labute approximate surface area is 166 Å². The topological polar surface area (TPSA) is 44.8 Å². The third-order valence-electron chi connectivity index (χ3n) is 4.72. The molecule has 0 aromatic heterocycles. The summed E-state index contributed by atoms with van der Waals surface area (Å²) in [4.78, 5) is 16.7. The summed E-state index contributed by atoms with van der Waals surface area (Å²) in [5.74, 6) is 0.652. The minimum absolute atomic E-state index is 0. The Morgan fingerprint density at radius 1 is 1.12 bits per heavy atom. The lowest BCUT2D eigenvalue weighted by Crippen LogP contribution is -2.44. The number of ether oxygens (including phenoxy) is 1. The van der Waals surface area contributed by atoms with Crippen molar-refractivity contribution in [3.05, 3.63) is 0 Å². The van der Waals surface area contributed by atoms with E-state index < -0.39 is 5.60 Å². The first-order chi connectivity index (χ1) is 10.9. The maximum absolute atomic E-state index is 12.2. The van der Waals surface area contributed by atoms with Gasteiger partial charge >= 0.3 is 6.09 Å². The number of nitrogens with zero attached hydrogens (tertiary/aromatic N) is 2. The maximum Gasteiger partial charge on any atom is 0.410 e. The van der Waals surface area contributed by atoms with Crippen LogP contribution in [0, 0.1) is 5.92 Å². The van der Waals surface area contributed by atoms with Crippen molar-refractivity contribution in [2.75, 3.05) is 45.8 Å². The molecule has 25 heavy (non-hydrogen) atoms. The second-order valence-corrected chi connectivity index (χ2v) is 8.02. The van der Waals surface area contributed by atoms with E-state index in [9.17, 15) is 4.79 Å². The van der Waals surface area contributed by atoms with Crippen LogP contribution in [0.2, 0.25) is 0 Å². The molecule has 0 radical (unpaired) electrons. The van der Waals surface area contributed by atoms with Gasteiger partial charge in [-0.05, 0) is 58.9 Å². The molecule has 0 bridgehead atoms. The number of piperidine rings is 1. The fourth-order valence-electron chi connectivity index (χ4n) is 3.50. The number of halogens is 2. The van der Waals surface area contributed by atoms with Crippen LogP contribution in [0.1, 0.15) is 52.9 Å². The Hall–Kier alpha value is -0.230. The van der Waals surface area contributed by atoms with Crippen molar-refractivity contribution >= 4 is 30.9 Å². The van der Waals surface area contributed by atoms with Crippen molar-refractivity contribution < 1.29 is 9.53 Å². The summed E-state index contributed by atoms with van der Waals surface area (Å²) in [6.45, 7) is 13.4. The van der Waals surface area contributed by atoms with E-state index in [1.54, 1.807) is 0 Å². The first-order valence-corrected chi connectivity index (χ1v) is 9.35. The lowest BCUT2D eigenvalue weighted by Gasteiger charge is -2.34. The number of likely N-dealkylation sites (tertiary alicyclic amines) is 1. The lowest BCUT2D eigenvalue weighted by molar-refractivity contribution is 0.0160. The minimum Gasteiger partial charge on any atom is -0.444 e. The molecule has 1 amide bonds. The highest BCUT2D eigenvalue weighted by molar-refractivity contribution is 5.85. The van der Waals surface area contributed by atoms with Crippen molar-refractivity contribution in [3.63, 3.8) is 0 Å². The molecule has 2 fully saturated rings. The molecule has 2 saturated heterocycles. The van der Waals surface area contributed by atoms with Crippen molar-refractivity contribution in [1.29, 1.82) is 0 Å². The molecule has 7 heteroatoms. The predicted molar refractivity (Wildman–Crippen MR) is 108 cm³/mol. The van der Waals surface area contributed by atoms with Gasteiger partial charge in [-0.15, -0.1) is 24.8 Å². The Balaban J connectivity index is 0.00000288. The summed E-state index contributed by atoms with van der Waals surface area (Å²) in [7, 11) is 0. The molecule has 2 rings (SSSR count). The molecule has 2 aliphatic rings. The SMILES string of the molecule is CC(C)(C)OC(=O)N1CCCC(CCCCN2CCNCC2)C1.Cl.Cl. The third kappa shape index (κ3) is 9.88. The van der Waals surface area contributed by atoms with Gasteiger partial charge in [-0.1, -0.05) is 6.42 Å². The second-order valence-electron chi connectivity index (χ2n) is 8.02. The number of carbonyl (C=O) groups excluding carboxylic acids is 1. The quantitative estimate of drug-likeness (QED) is 0.720. The zero-order chi connectivity index (χ0) is 16.7. The van der Waals surface area contributed by atoms with E-state index >= 15 is 0 Å². The third-order valence-corrected chi connectivity index (χ3v) is 4.72. The van der Waals surface area contributed by atoms with E-state index in [-0.39, 0.29) is 30.9 Å². The maximum atomic E-state index is 12.2. The average molecular weight is 398 g/mol. The minimum atomic E-state index is -0.396. The van der Waals surface area contributed by atoms with Crippen molar-refractivity contribution in [2.24, 2.45) is 5.92 Å². The first-order valence-electron chi connectivity index (χ1n) is 9.35. The molecular formula is C18H37Cl2N3O2. The number of nitrogens with one attached hydrogen (secondary N) is 1. The molecule has 0 spiro atoms. The van der Waals surface area contributed by atoms with Gasteiger partial charge in [-0.3, -0.25) is 0 Å². The normalized spacial score (nSPS) is 21.9. The molecule has 2 aliphatic heterocycles. The molecule has 1 N–H and O–H groups in total. The molecular weight excluding hydrogens is 361 g/mol. The van der Waals surface area contributed by atoms with Crippen LogP contribution < -0.4 is 5.32 Å². The van der Waals surface area contributed by atoms with Crippen LogP contribution in [-0.2, 0) is 4.74 Å². The molecule has 1 unspecified atom stereocenters. The van der Waals surface area contributed by atoms with E-state index in [2.05, 4.69) is 10.2 Å². The van der Waals surface area contributed by atoms with E-state index in [4.69, 9.17) is 4.74 Å². The van der Waals surface area contributed by atoms with Crippen LogP contribution in [0.4, 0.5) is 4.79 Å². The Morgan fingerprint density at radius 2 is 1.80 bits per heavy atom. The summed E-state index contributed by atoms with van der Waals surface area (Å²) in [6, 6.07) is 0. The van der Waals surface area contributed by atoms with Gasteiger partial charge in [0.25, 0.3) is 0 Å². The first kappa shape index (κ1) is 24.8. The van der Waals surface area contributed by atoms with Crippen LogP contribution in [0.3, 0.4) is 0 Å². The van der Waals surface area contributed by atoms with E-state index in [1.807, 2.05) is 25.7 Å². The van der Waals surface area contributed by atoms with Crippen molar-refractivity contribution in [1.82, 2.24) is 15.1 Å².